The molecule has 1 saturated heterocycles. The van der Waals surface area contributed by atoms with Crippen LogP contribution in [0, 0.1) is 13.8 Å². The molecule has 1 aliphatic rings. The van der Waals surface area contributed by atoms with Crippen LogP contribution in [0.2, 0.25) is 0 Å². The van der Waals surface area contributed by atoms with Crippen LogP contribution in [0.1, 0.15) is 11.5 Å². The van der Waals surface area contributed by atoms with Gasteiger partial charge in [-0.15, -0.1) is 0 Å². The number of hydrogen-bond donors (Lipinski definition) is 0. The maximum absolute atomic E-state index is 12.9. The molecule has 4 rings (SSSR count). The largest absolute Gasteiger partial charge is 0.360 e. The van der Waals surface area contributed by atoms with E-state index in [0.717, 1.165) is 5.82 Å². The van der Waals surface area contributed by atoms with Crippen molar-refractivity contribution in [3.05, 3.63) is 42.3 Å². The molecule has 0 spiro atoms. The van der Waals surface area contributed by atoms with Crippen molar-refractivity contribution in [3.8, 4) is 5.82 Å². The smallest absolute Gasteiger partial charge is 0.248 e. The maximum Gasteiger partial charge on any atom is 0.248 e. The summed E-state index contributed by atoms with van der Waals surface area (Å²) >= 11 is 0. The van der Waals surface area contributed by atoms with Gasteiger partial charge in [-0.3, -0.25) is 0 Å². The lowest BCUT2D eigenvalue weighted by molar-refractivity contribution is 0.377. The highest BCUT2D eigenvalue weighted by Gasteiger charge is 2.33. The van der Waals surface area contributed by atoms with Gasteiger partial charge in [0.05, 0.1) is 0 Å². The van der Waals surface area contributed by atoms with Gasteiger partial charge in [-0.25, -0.2) is 23.1 Å². The van der Waals surface area contributed by atoms with Crippen molar-refractivity contribution >= 4 is 15.8 Å². The molecule has 3 aromatic rings. The summed E-state index contributed by atoms with van der Waals surface area (Å²) < 4.78 is 34.0. The van der Waals surface area contributed by atoms with Crippen LogP contribution in [0.25, 0.3) is 5.82 Å². The average molecular weight is 389 g/mol. The second-order valence-corrected chi connectivity index (χ2v) is 8.10. The zero-order valence-corrected chi connectivity index (χ0v) is 15.8. The van der Waals surface area contributed by atoms with Crippen molar-refractivity contribution in [3.63, 3.8) is 0 Å². The van der Waals surface area contributed by atoms with Crippen LogP contribution in [0.4, 0.5) is 5.82 Å². The zero-order chi connectivity index (χ0) is 19.0. The van der Waals surface area contributed by atoms with E-state index in [0.29, 0.717) is 43.5 Å². The molecule has 0 bridgehead atoms. The van der Waals surface area contributed by atoms with Crippen LogP contribution in [0.5, 0.6) is 0 Å². The van der Waals surface area contributed by atoms with Gasteiger partial charge < -0.3 is 9.42 Å². The Morgan fingerprint density at radius 1 is 1.07 bits per heavy atom. The summed E-state index contributed by atoms with van der Waals surface area (Å²) in [6, 6.07) is 3.66. The van der Waals surface area contributed by atoms with Crippen LogP contribution in [-0.2, 0) is 10.0 Å². The van der Waals surface area contributed by atoms with Crippen LogP contribution in [-0.4, -0.2) is 63.8 Å². The Kier molecular flexibility index (Phi) is 4.40. The molecule has 0 amide bonds. The van der Waals surface area contributed by atoms with Gasteiger partial charge in [-0.1, -0.05) is 5.16 Å². The van der Waals surface area contributed by atoms with Crippen LogP contribution in [0.3, 0.4) is 0 Å². The molecule has 0 saturated carbocycles. The Morgan fingerprint density at radius 2 is 1.81 bits per heavy atom. The number of rotatable bonds is 4. The highest BCUT2D eigenvalue weighted by Crippen LogP contribution is 2.25. The topological polar surface area (TPSA) is 110 Å². The summed E-state index contributed by atoms with van der Waals surface area (Å²) in [5.41, 5.74) is 0.384. The van der Waals surface area contributed by atoms with E-state index < -0.39 is 10.0 Å². The van der Waals surface area contributed by atoms with Gasteiger partial charge in [-0.05, 0) is 19.9 Å². The quantitative estimate of drug-likeness (QED) is 0.644. The molecular formula is C16H19N7O3S. The molecule has 3 aromatic heterocycles. The van der Waals surface area contributed by atoms with E-state index in [9.17, 15) is 8.42 Å². The van der Waals surface area contributed by atoms with Crippen LogP contribution < -0.4 is 4.90 Å². The van der Waals surface area contributed by atoms with Crippen molar-refractivity contribution in [2.45, 2.75) is 18.7 Å². The monoisotopic (exact) mass is 389 g/mol. The first-order valence-electron chi connectivity index (χ1n) is 8.47. The highest BCUT2D eigenvalue weighted by molar-refractivity contribution is 7.89. The average Bonchev–Trinajstić information content (AvgIpc) is 3.32. The van der Waals surface area contributed by atoms with Crippen molar-refractivity contribution in [2.24, 2.45) is 0 Å². The third-order valence-corrected chi connectivity index (χ3v) is 6.65. The molecule has 4 heterocycles. The molecule has 0 aliphatic carbocycles. The normalized spacial score (nSPS) is 16.0. The lowest BCUT2D eigenvalue weighted by Gasteiger charge is -2.34. The third kappa shape index (κ3) is 3.19. The minimum Gasteiger partial charge on any atom is -0.360 e. The summed E-state index contributed by atoms with van der Waals surface area (Å²) in [5, 5.41) is 7.93. The van der Waals surface area contributed by atoms with Crippen molar-refractivity contribution < 1.29 is 12.9 Å². The van der Waals surface area contributed by atoms with Crippen LogP contribution >= 0.6 is 0 Å². The first-order valence-corrected chi connectivity index (χ1v) is 9.91. The number of anilines is 1. The van der Waals surface area contributed by atoms with Gasteiger partial charge in [0.15, 0.2) is 11.6 Å². The number of aromatic nitrogens is 5. The molecule has 142 valence electrons. The molecule has 10 nitrogen and oxygen atoms in total. The van der Waals surface area contributed by atoms with Crippen molar-refractivity contribution in [1.29, 1.82) is 0 Å². The predicted octanol–water partition coefficient (Wildman–Crippen LogP) is 0.778. The standard InChI is InChI=1S/C16H19N7O3S/c1-12-16(13(2)26-20-12)27(24,25)22-8-6-21(7-9-22)14-10-15(18-11-17-14)23-5-3-4-19-23/h3-5,10-11H,6-9H2,1-2H3. The Morgan fingerprint density at radius 3 is 2.44 bits per heavy atom. The summed E-state index contributed by atoms with van der Waals surface area (Å²) in [4.78, 5) is 10.7. The van der Waals surface area contributed by atoms with Gasteiger partial charge in [0.2, 0.25) is 10.0 Å². The van der Waals surface area contributed by atoms with Gasteiger partial charge in [0.25, 0.3) is 0 Å². The van der Waals surface area contributed by atoms with Crippen molar-refractivity contribution in [1.82, 2.24) is 29.2 Å². The number of piperazine rings is 1. The molecule has 1 aliphatic heterocycles. The predicted molar refractivity (Wildman–Crippen MR) is 96.1 cm³/mol. The van der Waals surface area contributed by atoms with Gasteiger partial charge in [0, 0.05) is 44.6 Å². The van der Waals surface area contributed by atoms with Crippen LogP contribution in [0.15, 0.2) is 40.3 Å². The number of nitrogens with zero attached hydrogens (tertiary/aromatic N) is 7. The second-order valence-electron chi connectivity index (χ2n) is 6.23. The fraction of sp³-hybridized carbons (Fsp3) is 0.375. The minimum atomic E-state index is -3.63. The first kappa shape index (κ1) is 17.6. The lowest BCUT2D eigenvalue weighted by atomic mass is 10.3. The number of aryl methyl sites for hydroxylation is 2. The molecule has 0 unspecified atom stereocenters. The van der Waals surface area contributed by atoms with E-state index in [4.69, 9.17) is 4.52 Å². The molecule has 27 heavy (non-hydrogen) atoms. The molecule has 1 fully saturated rings. The lowest BCUT2D eigenvalue weighted by Crippen LogP contribution is -2.49. The van der Waals surface area contributed by atoms with E-state index in [1.54, 1.807) is 30.9 Å². The minimum absolute atomic E-state index is 0.166. The van der Waals surface area contributed by atoms with E-state index in [1.807, 2.05) is 17.0 Å². The van der Waals surface area contributed by atoms with E-state index in [1.165, 1.54) is 10.6 Å². The molecule has 0 aromatic carbocycles. The van der Waals surface area contributed by atoms with E-state index in [-0.39, 0.29) is 4.90 Å². The Bertz CT molecular complexity index is 1020. The number of sulfonamides is 1. The molecule has 0 N–H and O–H groups in total. The Labute approximate surface area is 156 Å². The molecule has 0 atom stereocenters. The Balaban J connectivity index is 1.51. The van der Waals surface area contributed by atoms with Gasteiger partial charge in [-0.2, -0.15) is 9.40 Å². The third-order valence-electron chi connectivity index (χ3n) is 4.51. The molecule has 11 heteroatoms. The molecular weight excluding hydrogens is 370 g/mol. The van der Waals surface area contributed by atoms with Gasteiger partial charge in [0.1, 0.15) is 22.7 Å². The summed E-state index contributed by atoms with van der Waals surface area (Å²) in [5.74, 6) is 1.72. The summed E-state index contributed by atoms with van der Waals surface area (Å²) in [6.07, 6.45) is 4.97. The summed E-state index contributed by atoms with van der Waals surface area (Å²) in [7, 11) is -3.63. The SMILES string of the molecule is Cc1noc(C)c1S(=O)(=O)N1CCN(c2cc(-n3cccn3)ncn2)CC1. The van der Waals surface area contributed by atoms with Crippen molar-refractivity contribution in [2.75, 3.05) is 31.1 Å². The van der Waals surface area contributed by atoms with Gasteiger partial charge >= 0.3 is 0 Å². The summed E-state index contributed by atoms with van der Waals surface area (Å²) in [6.45, 7) is 5.01. The fourth-order valence-corrected chi connectivity index (χ4v) is 4.88. The maximum atomic E-state index is 12.9. The first-order chi connectivity index (χ1) is 13.0. The second kappa shape index (κ2) is 6.74. The highest BCUT2D eigenvalue weighted by atomic mass is 32.2. The fourth-order valence-electron chi connectivity index (χ4n) is 3.17. The Hall–Kier alpha value is -2.79. The number of hydrogen-bond acceptors (Lipinski definition) is 8. The molecule has 0 radical (unpaired) electrons. The van der Waals surface area contributed by atoms with E-state index in [2.05, 4.69) is 20.2 Å². The van der Waals surface area contributed by atoms with E-state index >= 15 is 0 Å². The zero-order valence-electron chi connectivity index (χ0n) is 15.0.